The standard InChI is InChI=1S/C16H21ClN4OS/c1-10(2)11(3)18-14(22)9-23-16-20-19-15(21(16)4)12-5-7-13(17)8-6-12/h5-8,10-11H,9H2,1-4H3,(H,18,22)/t11-/m0/s1. The SMILES string of the molecule is CC(C)[C@H](C)NC(=O)CSc1nnc(-c2ccc(Cl)cc2)n1C. The molecule has 5 nitrogen and oxygen atoms in total. The summed E-state index contributed by atoms with van der Waals surface area (Å²) in [5, 5.41) is 12.7. The first-order chi connectivity index (χ1) is 10.9. The predicted molar refractivity (Wildman–Crippen MR) is 94.6 cm³/mol. The van der Waals surface area contributed by atoms with Gasteiger partial charge in [0, 0.05) is 23.7 Å². The van der Waals surface area contributed by atoms with E-state index in [0.29, 0.717) is 21.8 Å². The van der Waals surface area contributed by atoms with Crippen molar-refractivity contribution in [2.24, 2.45) is 13.0 Å². The van der Waals surface area contributed by atoms with Crippen molar-refractivity contribution >= 4 is 29.3 Å². The van der Waals surface area contributed by atoms with Gasteiger partial charge in [-0.25, -0.2) is 0 Å². The zero-order chi connectivity index (χ0) is 17.0. The minimum absolute atomic E-state index is 0.00671. The number of nitrogens with one attached hydrogen (secondary N) is 1. The Morgan fingerprint density at radius 2 is 1.91 bits per heavy atom. The molecule has 2 aromatic rings. The molecule has 1 N–H and O–H groups in total. The van der Waals surface area contributed by atoms with Crippen LogP contribution in [-0.4, -0.2) is 32.5 Å². The number of halogens is 1. The van der Waals surface area contributed by atoms with Crippen molar-refractivity contribution in [2.45, 2.75) is 32.0 Å². The van der Waals surface area contributed by atoms with Crippen LogP contribution in [0.25, 0.3) is 11.4 Å². The molecule has 0 bridgehead atoms. The minimum Gasteiger partial charge on any atom is -0.353 e. The normalized spacial score (nSPS) is 12.4. The van der Waals surface area contributed by atoms with Gasteiger partial charge in [0.15, 0.2) is 11.0 Å². The van der Waals surface area contributed by atoms with Gasteiger partial charge in [0.2, 0.25) is 5.91 Å². The van der Waals surface area contributed by atoms with Gasteiger partial charge < -0.3 is 9.88 Å². The maximum Gasteiger partial charge on any atom is 0.230 e. The molecular formula is C16H21ClN4OS. The monoisotopic (exact) mass is 352 g/mol. The molecule has 0 saturated heterocycles. The lowest BCUT2D eigenvalue weighted by molar-refractivity contribution is -0.119. The Morgan fingerprint density at radius 3 is 2.52 bits per heavy atom. The fourth-order valence-electron chi connectivity index (χ4n) is 1.88. The summed E-state index contributed by atoms with van der Waals surface area (Å²) in [4.78, 5) is 12.0. The zero-order valence-electron chi connectivity index (χ0n) is 13.7. The lowest BCUT2D eigenvalue weighted by Gasteiger charge is -2.17. The van der Waals surface area contributed by atoms with E-state index in [4.69, 9.17) is 11.6 Å². The third kappa shape index (κ3) is 4.72. The van der Waals surface area contributed by atoms with E-state index in [1.54, 1.807) is 0 Å². The summed E-state index contributed by atoms with van der Waals surface area (Å²) in [6.45, 7) is 6.17. The molecule has 1 aromatic heterocycles. The number of rotatable bonds is 6. The summed E-state index contributed by atoms with van der Waals surface area (Å²) in [6.07, 6.45) is 0. The molecule has 7 heteroatoms. The maximum absolute atomic E-state index is 12.0. The summed E-state index contributed by atoms with van der Waals surface area (Å²) in [6, 6.07) is 7.60. The van der Waals surface area contributed by atoms with Crippen molar-refractivity contribution in [3.05, 3.63) is 29.3 Å². The van der Waals surface area contributed by atoms with E-state index in [2.05, 4.69) is 29.4 Å². The van der Waals surface area contributed by atoms with Crippen LogP contribution >= 0.6 is 23.4 Å². The zero-order valence-corrected chi connectivity index (χ0v) is 15.3. The Labute approximate surface area is 145 Å². The van der Waals surface area contributed by atoms with Gasteiger partial charge in [0.25, 0.3) is 0 Å². The molecule has 0 aliphatic rings. The molecule has 2 rings (SSSR count). The number of carbonyl (C=O) groups excluding carboxylic acids is 1. The minimum atomic E-state index is 0.00671. The first-order valence-corrected chi connectivity index (χ1v) is 8.82. The van der Waals surface area contributed by atoms with Crippen LogP contribution in [0.5, 0.6) is 0 Å². The van der Waals surface area contributed by atoms with Gasteiger partial charge in [-0.2, -0.15) is 0 Å². The predicted octanol–water partition coefficient (Wildman–Crippen LogP) is 3.39. The molecule has 0 aliphatic carbocycles. The van der Waals surface area contributed by atoms with Crippen LogP contribution in [0.3, 0.4) is 0 Å². The van der Waals surface area contributed by atoms with E-state index in [1.165, 1.54) is 11.8 Å². The Kier molecular flexibility index (Phi) is 6.07. The van der Waals surface area contributed by atoms with Crippen molar-refractivity contribution in [2.75, 3.05) is 5.75 Å². The van der Waals surface area contributed by atoms with Crippen LogP contribution in [0.1, 0.15) is 20.8 Å². The fraction of sp³-hybridized carbons (Fsp3) is 0.438. The smallest absolute Gasteiger partial charge is 0.230 e. The number of hydrogen-bond acceptors (Lipinski definition) is 4. The highest BCUT2D eigenvalue weighted by molar-refractivity contribution is 7.99. The van der Waals surface area contributed by atoms with Crippen LogP contribution in [0.2, 0.25) is 5.02 Å². The van der Waals surface area contributed by atoms with E-state index in [0.717, 1.165) is 11.4 Å². The summed E-state index contributed by atoms with van der Waals surface area (Å²) in [7, 11) is 1.89. The number of amides is 1. The maximum atomic E-state index is 12.0. The van der Waals surface area contributed by atoms with Crippen LogP contribution < -0.4 is 5.32 Å². The molecule has 1 heterocycles. The van der Waals surface area contributed by atoms with Gasteiger partial charge in [-0.15, -0.1) is 10.2 Å². The van der Waals surface area contributed by atoms with Gasteiger partial charge >= 0.3 is 0 Å². The molecule has 0 saturated carbocycles. The van der Waals surface area contributed by atoms with Gasteiger partial charge in [-0.05, 0) is 37.1 Å². The number of aromatic nitrogens is 3. The first-order valence-electron chi connectivity index (χ1n) is 7.46. The van der Waals surface area contributed by atoms with E-state index in [9.17, 15) is 4.79 Å². The van der Waals surface area contributed by atoms with E-state index in [-0.39, 0.29) is 11.9 Å². The third-order valence-electron chi connectivity index (χ3n) is 3.66. The molecule has 124 valence electrons. The topological polar surface area (TPSA) is 59.8 Å². The molecular weight excluding hydrogens is 332 g/mol. The molecule has 0 radical (unpaired) electrons. The number of nitrogens with zero attached hydrogens (tertiary/aromatic N) is 3. The van der Waals surface area contributed by atoms with Crippen LogP contribution in [0, 0.1) is 5.92 Å². The summed E-state index contributed by atoms with van der Waals surface area (Å²) in [5.41, 5.74) is 0.939. The Hall–Kier alpha value is -1.53. The van der Waals surface area contributed by atoms with Crippen molar-refractivity contribution in [1.29, 1.82) is 0 Å². The van der Waals surface area contributed by atoms with Gasteiger partial charge in [0.1, 0.15) is 0 Å². The lowest BCUT2D eigenvalue weighted by Crippen LogP contribution is -2.37. The lowest BCUT2D eigenvalue weighted by atomic mass is 10.1. The van der Waals surface area contributed by atoms with E-state index >= 15 is 0 Å². The van der Waals surface area contributed by atoms with Gasteiger partial charge in [-0.1, -0.05) is 37.2 Å². The van der Waals surface area contributed by atoms with Crippen molar-refractivity contribution in [1.82, 2.24) is 20.1 Å². The van der Waals surface area contributed by atoms with Crippen molar-refractivity contribution < 1.29 is 4.79 Å². The molecule has 0 fully saturated rings. The second kappa shape index (κ2) is 7.84. The highest BCUT2D eigenvalue weighted by Crippen LogP contribution is 2.23. The fourth-order valence-corrected chi connectivity index (χ4v) is 2.73. The average Bonchev–Trinajstić information content (AvgIpc) is 2.87. The molecule has 1 amide bonds. The molecule has 0 unspecified atom stereocenters. The van der Waals surface area contributed by atoms with Crippen LogP contribution in [-0.2, 0) is 11.8 Å². The first kappa shape index (κ1) is 17.8. The Balaban J connectivity index is 2.00. The highest BCUT2D eigenvalue weighted by atomic mass is 35.5. The number of benzene rings is 1. The van der Waals surface area contributed by atoms with E-state index in [1.807, 2.05) is 42.8 Å². The van der Waals surface area contributed by atoms with Crippen molar-refractivity contribution in [3.63, 3.8) is 0 Å². The van der Waals surface area contributed by atoms with Crippen LogP contribution in [0.4, 0.5) is 0 Å². The second-order valence-corrected chi connectivity index (χ2v) is 7.14. The highest BCUT2D eigenvalue weighted by Gasteiger charge is 2.15. The van der Waals surface area contributed by atoms with Crippen LogP contribution in [0.15, 0.2) is 29.4 Å². The van der Waals surface area contributed by atoms with Gasteiger partial charge in [-0.3, -0.25) is 4.79 Å². The molecule has 0 spiro atoms. The third-order valence-corrected chi connectivity index (χ3v) is 4.93. The summed E-state index contributed by atoms with van der Waals surface area (Å²) in [5.74, 6) is 1.49. The molecule has 1 aromatic carbocycles. The second-order valence-electron chi connectivity index (χ2n) is 5.76. The number of carbonyl (C=O) groups is 1. The average molecular weight is 353 g/mol. The largest absolute Gasteiger partial charge is 0.353 e. The van der Waals surface area contributed by atoms with Crippen molar-refractivity contribution in [3.8, 4) is 11.4 Å². The summed E-state index contributed by atoms with van der Waals surface area (Å²) >= 11 is 7.28. The Morgan fingerprint density at radius 1 is 1.26 bits per heavy atom. The molecule has 23 heavy (non-hydrogen) atoms. The molecule has 0 aliphatic heterocycles. The van der Waals surface area contributed by atoms with E-state index < -0.39 is 0 Å². The van der Waals surface area contributed by atoms with Gasteiger partial charge in [0.05, 0.1) is 5.75 Å². The number of hydrogen-bond donors (Lipinski definition) is 1. The quantitative estimate of drug-likeness (QED) is 0.809. The summed E-state index contributed by atoms with van der Waals surface area (Å²) < 4.78 is 1.88. The Bertz CT molecular complexity index is 669. The molecule has 1 atom stereocenters. The number of thioether (sulfide) groups is 1.